The quantitative estimate of drug-likeness (QED) is 0.459. The van der Waals surface area contributed by atoms with E-state index in [1.807, 2.05) is 24.3 Å². The van der Waals surface area contributed by atoms with Gasteiger partial charge in [-0.2, -0.15) is 0 Å². The standard InChI is InChI=1S/C24H23N3/c1-24(2,3)23-26-25-22(20-12-8-5-9-13-20)27(23)21-16-14-19(15-17-21)18-10-6-4-7-11-18/h4-17H,1-3H3. The van der Waals surface area contributed by atoms with Gasteiger partial charge in [-0.05, 0) is 23.3 Å². The predicted octanol–water partition coefficient (Wildman–Crippen LogP) is 5.90. The van der Waals surface area contributed by atoms with Crippen molar-refractivity contribution in [2.75, 3.05) is 0 Å². The normalized spacial score (nSPS) is 11.5. The number of nitrogens with zero attached hydrogens (tertiary/aromatic N) is 3. The maximum atomic E-state index is 4.53. The highest BCUT2D eigenvalue weighted by Gasteiger charge is 2.25. The molecule has 0 N–H and O–H groups in total. The Morgan fingerprint density at radius 3 is 1.67 bits per heavy atom. The Morgan fingerprint density at radius 1 is 0.593 bits per heavy atom. The van der Waals surface area contributed by atoms with Crippen molar-refractivity contribution in [2.24, 2.45) is 0 Å². The summed E-state index contributed by atoms with van der Waals surface area (Å²) in [5, 5.41) is 9.06. The molecular weight excluding hydrogens is 330 g/mol. The van der Waals surface area contributed by atoms with Gasteiger partial charge in [-0.3, -0.25) is 4.57 Å². The molecule has 0 radical (unpaired) electrons. The molecule has 27 heavy (non-hydrogen) atoms. The van der Waals surface area contributed by atoms with Crippen LogP contribution in [0.2, 0.25) is 0 Å². The van der Waals surface area contributed by atoms with Gasteiger partial charge in [0.05, 0.1) is 0 Å². The van der Waals surface area contributed by atoms with Crippen molar-refractivity contribution in [3.63, 3.8) is 0 Å². The largest absolute Gasteiger partial charge is 0.279 e. The van der Waals surface area contributed by atoms with E-state index < -0.39 is 0 Å². The molecule has 1 heterocycles. The van der Waals surface area contributed by atoms with E-state index in [0.29, 0.717) is 0 Å². The van der Waals surface area contributed by atoms with Crippen molar-refractivity contribution < 1.29 is 0 Å². The Balaban J connectivity index is 1.84. The second-order valence-electron chi connectivity index (χ2n) is 7.71. The fourth-order valence-corrected chi connectivity index (χ4v) is 3.22. The molecule has 4 aromatic rings. The lowest BCUT2D eigenvalue weighted by atomic mass is 9.95. The first kappa shape index (κ1) is 17.2. The highest BCUT2D eigenvalue weighted by Crippen LogP contribution is 2.30. The molecule has 0 saturated carbocycles. The van der Waals surface area contributed by atoms with Gasteiger partial charge in [0.15, 0.2) is 5.82 Å². The molecule has 134 valence electrons. The van der Waals surface area contributed by atoms with E-state index in [1.165, 1.54) is 11.1 Å². The molecule has 4 rings (SSSR count). The minimum absolute atomic E-state index is 0.113. The van der Waals surface area contributed by atoms with Gasteiger partial charge in [0, 0.05) is 16.7 Å². The molecule has 0 spiro atoms. The Labute approximate surface area is 160 Å². The van der Waals surface area contributed by atoms with E-state index in [9.17, 15) is 0 Å². The van der Waals surface area contributed by atoms with Crippen molar-refractivity contribution in [1.29, 1.82) is 0 Å². The molecule has 0 unspecified atom stereocenters. The molecule has 3 aromatic carbocycles. The van der Waals surface area contributed by atoms with E-state index >= 15 is 0 Å². The molecule has 0 atom stereocenters. The Hall–Kier alpha value is -3.20. The van der Waals surface area contributed by atoms with E-state index in [0.717, 1.165) is 22.9 Å². The first-order chi connectivity index (χ1) is 13.0. The van der Waals surface area contributed by atoms with Gasteiger partial charge in [-0.1, -0.05) is 93.6 Å². The van der Waals surface area contributed by atoms with Crippen LogP contribution in [0.4, 0.5) is 0 Å². The topological polar surface area (TPSA) is 30.7 Å². The van der Waals surface area contributed by atoms with Crippen LogP contribution in [0.1, 0.15) is 26.6 Å². The lowest BCUT2D eigenvalue weighted by Gasteiger charge is -2.20. The van der Waals surface area contributed by atoms with Gasteiger partial charge in [-0.15, -0.1) is 10.2 Å². The second kappa shape index (κ2) is 6.84. The van der Waals surface area contributed by atoms with E-state index in [-0.39, 0.29) is 5.41 Å². The monoisotopic (exact) mass is 353 g/mol. The smallest absolute Gasteiger partial charge is 0.168 e. The third-order valence-electron chi connectivity index (χ3n) is 4.60. The summed E-state index contributed by atoms with van der Waals surface area (Å²) in [6.45, 7) is 6.50. The van der Waals surface area contributed by atoms with E-state index in [1.54, 1.807) is 0 Å². The second-order valence-corrected chi connectivity index (χ2v) is 7.71. The summed E-state index contributed by atoms with van der Waals surface area (Å²) in [7, 11) is 0. The number of hydrogen-bond donors (Lipinski definition) is 0. The van der Waals surface area contributed by atoms with Gasteiger partial charge in [-0.25, -0.2) is 0 Å². The van der Waals surface area contributed by atoms with Gasteiger partial charge < -0.3 is 0 Å². The molecule has 1 aromatic heterocycles. The molecule has 0 aliphatic carbocycles. The first-order valence-electron chi connectivity index (χ1n) is 9.21. The summed E-state index contributed by atoms with van der Waals surface area (Å²) in [6.07, 6.45) is 0. The van der Waals surface area contributed by atoms with Crippen LogP contribution in [0, 0.1) is 0 Å². The molecule has 3 heteroatoms. The van der Waals surface area contributed by atoms with Gasteiger partial charge >= 0.3 is 0 Å². The van der Waals surface area contributed by atoms with Gasteiger partial charge in [0.1, 0.15) is 5.82 Å². The van der Waals surface area contributed by atoms with Crippen LogP contribution < -0.4 is 0 Å². The number of rotatable bonds is 3. The van der Waals surface area contributed by atoms with Crippen LogP contribution in [0.15, 0.2) is 84.9 Å². The van der Waals surface area contributed by atoms with Crippen molar-refractivity contribution >= 4 is 0 Å². The fraction of sp³-hybridized carbons (Fsp3) is 0.167. The van der Waals surface area contributed by atoms with Gasteiger partial charge in [0.25, 0.3) is 0 Å². The zero-order valence-corrected chi connectivity index (χ0v) is 15.9. The Kier molecular flexibility index (Phi) is 4.36. The number of aromatic nitrogens is 3. The van der Waals surface area contributed by atoms with Crippen LogP contribution in [-0.4, -0.2) is 14.8 Å². The van der Waals surface area contributed by atoms with Crippen molar-refractivity contribution in [3.05, 3.63) is 90.8 Å². The van der Waals surface area contributed by atoms with Crippen molar-refractivity contribution in [2.45, 2.75) is 26.2 Å². The van der Waals surface area contributed by atoms with Crippen LogP contribution in [0.3, 0.4) is 0 Å². The average Bonchev–Trinajstić information content (AvgIpc) is 3.15. The first-order valence-corrected chi connectivity index (χ1v) is 9.21. The van der Waals surface area contributed by atoms with Crippen LogP contribution in [-0.2, 0) is 5.41 Å². The maximum absolute atomic E-state index is 4.53. The predicted molar refractivity (Wildman–Crippen MR) is 111 cm³/mol. The fourth-order valence-electron chi connectivity index (χ4n) is 3.22. The summed E-state index contributed by atoms with van der Waals surface area (Å²) >= 11 is 0. The van der Waals surface area contributed by atoms with Crippen LogP contribution >= 0.6 is 0 Å². The molecular formula is C24H23N3. The SMILES string of the molecule is CC(C)(C)c1nnc(-c2ccccc2)n1-c1ccc(-c2ccccc2)cc1. The number of benzene rings is 3. The average molecular weight is 353 g/mol. The summed E-state index contributed by atoms with van der Waals surface area (Å²) < 4.78 is 2.17. The van der Waals surface area contributed by atoms with Crippen LogP contribution in [0.5, 0.6) is 0 Å². The van der Waals surface area contributed by atoms with Crippen molar-refractivity contribution in [3.8, 4) is 28.2 Å². The number of hydrogen-bond acceptors (Lipinski definition) is 2. The summed E-state index contributed by atoms with van der Waals surface area (Å²) in [5.74, 6) is 1.82. The third-order valence-corrected chi connectivity index (χ3v) is 4.60. The summed E-state index contributed by atoms with van der Waals surface area (Å²) in [6, 6.07) is 29.3. The summed E-state index contributed by atoms with van der Waals surface area (Å²) in [5.41, 5.74) is 4.44. The lowest BCUT2D eigenvalue weighted by molar-refractivity contribution is 0.533. The zero-order valence-electron chi connectivity index (χ0n) is 15.9. The molecule has 0 bridgehead atoms. The molecule has 0 amide bonds. The van der Waals surface area contributed by atoms with Crippen LogP contribution in [0.25, 0.3) is 28.2 Å². The third kappa shape index (κ3) is 3.41. The van der Waals surface area contributed by atoms with E-state index in [2.05, 4.69) is 96.2 Å². The molecule has 0 saturated heterocycles. The zero-order chi connectivity index (χ0) is 18.9. The summed E-state index contributed by atoms with van der Waals surface area (Å²) in [4.78, 5) is 0. The lowest BCUT2D eigenvalue weighted by Crippen LogP contribution is -2.18. The van der Waals surface area contributed by atoms with E-state index in [4.69, 9.17) is 0 Å². The molecule has 0 aliphatic rings. The maximum Gasteiger partial charge on any atom is 0.168 e. The highest BCUT2D eigenvalue weighted by atomic mass is 15.3. The Bertz CT molecular complexity index is 1020. The minimum atomic E-state index is -0.113. The highest BCUT2D eigenvalue weighted by molar-refractivity contribution is 5.66. The molecule has 0 aliphatic heterocycles. The molecule has 3 nitrogen and oxygen atoms in total. The van der Waals surface area contributed by atoms with Crippen molar-refractivity contribution in [1.82, 2.24) is 14.8 Å². The Morgan fingerprint density at radius 2 is 1.11 bits per heavy atom. The van der Waals surface area contributed by atoms with Gasteiger partial charge in [0.2, 0.25) is 0 Å². The molecule has 0 fully saturated rings. The minimum Gasteiger partial charge on any atom is -0.279 e.